The third kappa shape index (κ3) is 3.82. The van der Waals surface area contributed by atoms with Crippen molar-refractivity contribution < 1.29 is 9.15 Å². The molecule has 0 amide bonds. The standard InChI is InChI=1S/C13H22N2O2/c1-2-7-14-8-6-13-15-10-12(17-13)11-5-3-4-9-16-11/h10-11,14H,2-9H2,1H3. The lowest BCUT2D eigenvalue weighted by Gasteiger charge is -2.19. The molecule has 4 heteroatoms. The van der Waals surface area contributed by atoms with Crippen molar-refractivity contribution in [3.63, 3.8) is 0 Å². The van der Waals surface area contributed by atoms with Gasteiger partial charge >= 0.3 is 0 Å². The highest BCUT2D eigenvalue weighted by Crippen LogP contribution is 2.28. The SMILES string of the molecule is CCCNCCc1ncc(C2CCCCO2)o1. The second kappa shape index (κ2) is 6.77. The van der Waals surface area contributed by atoms with Crippen molar-refractivity contribution in [1.82, 2.24) is 10.3 Å². The topological polar surface area (TPSA) is 47.3 Å². The first kappa shape index (κ1) is 12.6. The van der Waals surface area contributed by atoms with Crippen LogP contribution in [-0.2, 0) is 11.2 Å². The average molecular weight is 238 g/mol. The predicted molar refractivity (Wildman–Crippen MR) is 65.9 cm³/mol. The number of oxazole rings is 1. The molecule has 1 atom stereocenters. The van der Waals surface area contributed by atoms with Crippen LogP contribution >= 0.6 is 0 Å². The van der Waals surface area contributed by atoms with E-state index in [1.807, 2.05) is 6.20 Å². The van der Waals surface area contributed by atoms with Crippen LogP contribution in [-0.4, -0.2) is 24.7 Å². The minimum Gasteiger partial charge on any atom is -0.443 e. The highest BCUT2D eigenvalue weighted by atomic mass is 16.5. The third-order valence-corrected chi connectivity index (χ3v) is 3.01. The molecule has 2 heterocycles. The molecule has 1 N–H and O–H groups in total. The number of ether oxygens (including phenoxy) is 1. The summed E-state index contributed by atoms with van der Waals surface area (Å²) in [5.74, 6) is 1.72. The Hall–Kier alpha value is -0.870. The Morgan fingerprint density at radius 1 is 1.41 bits per heavy atom. The maximum Gasteiger partial charge on any atom is 0.195 e. The highest BCUT2D eigenvalue weighted by molar-refractivity contribution is 4.99. The quantitative estimate of drug-likeness (QED) is 0.773. The van der Waals surface area contributed by atoms with Gasteiger partial charge in [-0.1, -0.05) is 6.92 Å². The van der Waals surface area contributed by atoms with Gasteiger partial charge in [0.15, 0.2) is 11.7 Å². The third-order valence-electron chi connectivity index (χ3n) is 3.01. The lowest BCUT2D eigenvalue weighted by atomic mass is 10.1. The monoisotopic (exact) mass is 238 g/mol. The van der Waals surface area contributed by atoms with E-state index in [4.69, 9.17) is 9.15 Å². The molecule has 0 bridgehead atoms. The molecule has 2 rings (SSSR count). The molecule has 17 heavy (non-hydrogen) atoms. The minimum atomic E-state index is 0.133. The van der Waals surface area contributed by atoms with Gasteiger partial charge in [0.05, 0.1) is 6.20 Å². The molecule has 4 nitrogen and oxygen atoms in total. The van der Waals surface area contributed by atoms with Gasteiger partial charge in [0.25, 0.3) is 0 Å². The lowest BCUT2D eigenvalue weighted by Crippen LogP contribution is -2.17. The van der Waals surface area contributed by atoms with Crippen LogP contribution in [0, 0.1) is 0 Å². The summed E-state index contributed by atoms with van der Waals surface area (Å²) >= 11 is 0. The number of hydrogen-bond acceptors (Lipinski definition) is 4. The van der Waals surface area contributed by atoms with Gasteiger partial charge in [0, 0.05) is 19.6 Å². The molecule has 96 valence electrons. The van der Waals surface area contributed by atoms with E-state index in [1.165, 1.54) is 12.8 Å². The van der Waals surface area contributed by atoms with E-state index >= 15 is 0 Å². The smallest absolute Gasteiger partial charge is 0.195 e. The molecule has 0 saturated carbocycles. The molecular formula is C13H22N2O2. The first-order chi connectivity index (χ1) is 8.40. The summed E-state index contributed by atoms with van der Waals surface area (Å²) in [6.45, 7) is 4.99. The summed E-state index contributed by atoms with van der Waals surface area (Å²) in [7, 11) is 0. The molecule has 0 spiro atoms. The van der Waals surface area contributed by atoms with Gasteiger partial charge in [-0.05, 0) is 32.2 Å². The summed E-state index contributed by atoms with van der Waals surface area (Å²) in [5.41, 5.74) is 0. The summed E-state index contributed by atoms with van der Waals surface area (Å²) < 4.78 is 11.4. The summed E-state index contributed by atoms with van der Waals surface area (Å²) in [5, 5.41) is 3.34. The first-order valence-electron chi connectivity index (χ1n) is 6.67. The molecule has 1 aromatic heterocycles. The molecule has 1 saturated heterocycles. The van der Waals surface area contributed by atoms with Gasteiger partial charge in [-0.25, -0.2) is 4.98 Å². The van der Waals surface area contributed by atoms with Gasteiger partial charge in [-0.2, -0.15) is 0 Å². The molecular weight excluding hydrogens is 216 g/mol. The fourth-order valence-electron chi connectivity index (χ4n) is 2.05. The lowest BCUT2D eigenvalue weighted by molar-refractivity contribution is 0.00128. The Kier molecular flexibility index (Phi) is 5.01. The fraction of sp³-hybridized carbons (Fsp3) is 0.769. The molecule has 0 aliphatic carbocycles. The number of aromatic nitrogens is 1. The van der Waals surface area contributed by atoms with Crippen molar-refractivity contribution in [2.75, 3.05) is 19.7 Å². The van der Waals surface area contributed by atoms with Crippen molar-refractivity contribution in [3.8, 4) is 0 Å². The summed E-state index contributed by atoms with van der Waals surface area (Å²) in [6, 6.07) is 0. The number of rotatable bonds is 6. The van der Waals surface area contributed by atoms with Crippen LogP contribution in [0.1, 0.15) is 50.4 Å². The van der Waals surface area contributed by atoms with E-state index in [9.17, 15) is 0 Å². The molecule has 1 aliphatic heterocycles. The number of nitrogens with one attached hydrogen (secondary N) is 1. The van der Waals surface area contributed by atoms with Crippen LogP contribution in [0.2, 0.25) is 0 Å². The number of nitrogens with zero attached hydrogens (tertiary/aromatic N) is 1. The van der Waals surface area contributed by atoms with Gasteiger partial charge in [-0.15, -0.1) is 0 Å². The van der Waals surface area contributed by atoms with Crippen LogP contribution in [0.5, 0.6) is 0 Å². The van der Waals surface area contributed by atoms with E-state index in [2.05, 4.69) is 17.2 Å². The second-order valence-electron chi connectivity index (χ2n) is 4.51. The van der Waals surface area contributed by atoms with E-state index in [1.54, 1.807) is 0 Å². The zero-order valence-electron chi connectivity index (χ0n) is 10.6. The molecule has 0 radical (unpaired) electrons. The van der Waals surface area contributed by atoms with E-state index in [0.717, 1.165) is 50.6 Å². The van der Waals surface area contributed by atoms with Crippen LogP contribution in [0.4, 0.5) is 0 Å². The molecule has 1 aromatic rings. The van der Waals surface area contributed by atoms with E-state index in [0.29, 0.717) is 0 Å². The Labute approximate surface area is 103 Å². The molecule has 0 aromatic carbocycles. The maximum atomic E-state index is 5.73. The van der Waals surface area contributed by atoms with Gasteiger partial charge in [0.2, 0.25) is 0 Å². The normalized spacial score (nSPS) is 20.6. The highest BCUT2D eigenvalue weighted by Gasteiger charge is 2.19. The predicted octanol–water partition coefficient (Wildman–Crippen LogP) is 2.46. The zero-order valence-corrected chi connectivity index (χ0v) is 10.6. The summed E-state index contributed by atoms with van der Waals surface area (Å²) in [4.78, 5) is 4.30. The van der Waals surface area contributed by atoms with Crippen LogP contribution < -0.4 is 5.32 Å². The van der Waals surface area contributed by atoms with E-state index in [-0.39, 0.29) is 6.10 Å². The van der Waals surface area contributed by atoms with Crippen molar-refractivity contribution in [3.05, 3.63) is 17.8 Å². The van der Waals surface area contributed by atoms with Crippen molar-refractivity contribution in [2.45, 2.75) is 45.1 Å². The second-order valence-corrected chi connectivity index (χ2v) is 4.51. The van der Waals surface area contributed by atoms with Crippen LogP contribution in [0.25, 0.3) is 0 Å². The molecule has 1 unspecified atom stereocenters. The van der Waals surface area contributed by atoms with Gasteiger partial charge < -0.3 is 14.5 Å². The zero-order chi connectivity index (χ0) is 11.9. The van der Waals surface area contributed by atoms with Crippen LogP contribution in [0.3, 0.4) is 0 Å². The van der Waals surface area contributed by atoms with Crippen molar-refractivity contribution >= 4 is 0 Å². The van der Waals surface area contributed by atoms with Crippen molar-refractivity contribution in [1.29, 1.82) is 0 Å². The van der Waals surface area contributed by atoms with Gasteiger partial charge in [0.1, 0.15) is 6.10 Å². The Morgan fingerprint density at radius 3 is 3.12 bits per heavy atom. The maximum absolute atomic E-state index is 5.73. The minimum absolute atomic E-state index is 0.133. The summed E-state index contributed by atoms with van der Waals surface area (Å²) in [6.07, 6.45) is 7.42. The fourth-order valence-corrected chi connectivity index (χ4v) is 2.05. The van der Waals surface area contributed by atoms with Gasteiger partial charge in [-0.3, -0.25) is 0 Å². The largest absolute Gasteiger partial charge is 0.443 e. The first-order valence-corrected chi connectivity index (χ1v) is 6.67. The van der Waals surface area contributed by atoms with Crippen LogP contribution in [0.15, 0.2) is 10.6 Å². The number of hydrogen-bond donors (Lipinski definition) is 1. The Bertz CT molecular complexity index is 319. The average Bonchev–Trinajstić information content (AvgIpc) is 2.85. The van der Waals surface area contributed by atoms with E-state index < -0.39 is 0 Å². The Morgan fingerprint density at radius 2 is 2.35 bits per heavy atom. The molecule has 1 fully saturated rings. The Balaban J connectivity index is 1.78. The van der Waals surface area contributed by atoms with Crippen molar-refractivity contribution in [2.24, 2.45) is 0 Å². The molecule has 1 aliphatic rings.